The Kier molecular flexibility index (Phi) is 6.25. The van der Waals surface area contributed by atoms with E-state index < -0.39 is 17.8 Å². The van der Waals surface area contributed by atoms with Gasteiger partial charge in [-0.05, 0) is 49.8 Å². The molecule has 2 aromatic heterocycles. The molecule has 5 amide bonds. The van der Waals surface area contributed by atoms with Gasteiger partial charge in [-0.25, -0.2) is 4.79 Å². The Morgan fingerprint density at radius 2 is 1.97 bits per heavy atom. The molecule has 2 aliphatic heterocycles. The predicted octanol–water partition coefficient (Wildman–Crippen LogP) is 3.77. The van der Waals surface area contributed by atoms with Gasteiger partial charge in [-0.1, -0.05) is 24.3 Å². The molecule has 0 aliphatic carbocycles. The molecule has 3 aromatic rings. The topological polar surface area (TPSA) is 91.7 Å². The quantitative estimate of drug-likeness (QED) is 0.435. The number of para-hydroxylation sites is 1. The molecule has 9 heteroatoms. The third kappa shape index (κ3) is 4.51. The molecular formula is C26H26N4O4S. The van der Waals surface area contributed by atoms with Crippen molar-refractivity contribution in [2.45, 2.75) is 45.3 Å². The van der Waals surface area contributed by atoms with Crippen LogP contribution in [0.1, 0.15) is 36.6 Å². The smallest absolute Gasteiger partial charge is 0.331 e. The second-order valence-corrected chi connectivity index (χ2v) is 9.98. The van der Waals surface area contributed by atoms with E-state index in [1.165, 1.54) is 17.4 Å². The summed E-state index contributed by atoms with van der Waals surface area (Å²) in [6.45, 7) is 3.12. The van der Waals surface area contributed by atoms with Crippen LogP contribution in [-0.4, -0.2) is 50.7 Å². The number of thiophene rings is 1. The zero-order valence-electron chi connectivity index (χ0n) is 19.4. The van der Waals surface area contributed by atoms with Crippen LogP contribution in [0.3, 0.4) is 0 Å². The van der Waals surface area contributed by atoms with Gasteiger partial charge in [0.15, 0.2) is 0 Å². The minimum atomic E-state index is -0.728. The second-order valence-electron chi connectivity index (χ2n) is 8.95. The summed E-state index contributed by atoms with van der Waals surface area (Å²) in [5.74, 6) is -1.31. The number of urea groups is 1. The van der Waals surface area contributed by atoms with Crippen LogP contribution in [0.15, 0.2) is 53.5 Å². The number of aromatic nitrogens is 1. The lowest BCUT2D eigenvalue weighted by atomic mass is 10.0. The maximum Gasteiger partial charge on any atom is 0.331 e. The fourth-order valence-corrected chi connectivity index (χ4v) is 5.47. The highest BCUT2D eigenvalue weighted by Gasteiger charge is 2.36. The number of carbonyl (C=O) groups excluding carboxylic acids is 4. The van der Waals surface area contributed by atoms with E-state index in [1.807, 2.05) is 51.2 Å². The summed E-state index contributed by atoms with van der Waals surface area (Å²) in [4.78, 5) is 55.0. The Hall–Kier alpha value is -3.72. The maximum atomic E-state index is 13.2. The number of hydrogen-bond donors (Lipinski definition) is 1. The molecule has 1 atom stereocenters. The Morgan fingerprint density at radius 1 is 1.14 bits per heavy atom. The molecule has 8 nitrogen and oxygen atoms in total. The Morgan fingerprint density at radius 3 is 2.74 bits per heavy atom. The van der Waals surface area contributed by atoms with Crippen molar-refractivity contribution in [1.29, 1.82) is 0 Å². The number of amides is 5. The number of barbiturate groups is 1. The molecular weight excluding hydrogens is 464 g/mol. The van der Waals surface area contributed by atoms with Crippen molar-refractivity contribution in [2.75, 3.05) is 6.54 Å². The maximum absolute atomic E-state index is 13.2. The van der Waals surface area contributed by atoms with Crippen LogP contribution in [0.5, 0.6) is 0 Å². The first-order valence-electron chi connectivity index (χ1n) is 11.7. The highest BCUT2D eigenvalue weighted by atomic mass is 32.1. The Balaban J connectivity index is 1.47. The van der Waals surface area contributed by atoms with E-state index in [2.05, 4.69) is 12.2 Å². The van der Waals surface area contributed by atoms with Gasteiger partial charge in [-0.2, -0.15) is 0 Å². The molecule has 0 bridgehead atoms. The van der Waals surface area contributed by atoms with E-state index in [9.17, 15) is 19.2 Å². The summed E-state index contributed by atoms with van der Waals surface area (Å²) >= 11 is 1.43. The monoisotopic (exact) mass is 490 g/mol. The van der Waals surface area contributed by atoms with E-state index in [0.29, 0.717) is 5.56 Å². The molecule has 1 aromatic carbocycles. The summed E-state index contributed by atoms with van der Waals surface area (Å²) in [6.07, 6.45) is 6.46. The fraction of sp³-hybridized carbons (Fsp3) is 0.308. The zero-order valence-corrected chi connectivity index (χ0v) is 20.2. The fourth-order valence-electron chi connectivity index (χ4n) is 4.78. The normalized spacial score (nSPS) is 20.1. The van der Waals surface area contributed by atoms with E-state index in [4.69, 9.17) is 0 Å². The molecule has 2 aliphatic rings. The van der Waals surface area contributed by atoms with Crippen LogP contribution < -0.4 is 5.32 Å². The summed E-state index contributed by atoms with van der Waals surface area (Å²) in [7, 11) is 0. The van der Waals surface area contributed by atoms with Crippen LogP contribution in [0.4, 0.5) is 4.79 Å². The van der Waals surface area contributed by atoms with Gasteiger partial charge in [0.1, 0.15) is 12.1 Å². The average molecular weight is 491 g/mol. The number of piperidine rings is 1. The molecule has 4 heterocycles. The van der Waals surface area contributed by atoms with Crippen molar-refractivity contribution in [2.24, 2.45) is 0 Å². The third-order valence-electron chi connectivity index (χ3n) is 6.63. The summed E-state index contributed by atoms with van der Waals surface area (Å²) in [6, 6.07) is 10.7. The second kappa shape index (κ2) is 9.50. The summed E-state index contributed by atoms with van der Waals surface area (Å²) in [5, 5.41) is 4.96. The van der Waals surface area contributed by atoms with Gasteiger partial charge in [0.25, 0.3) is 11.8 Å². The molecule has 2 fully saturated rings. The van der Waals surface area contributed by atoms with E-state index in [-0.39, 0.29) is 30.6 Å². The molecule has 1 unspecified atom stereocenters. The molecule has 1 N–H and O–H groups in total. The summed E-state index contributed by atoms with van der Waals surface area (Å²) < 4.78 is 1.87. The molecule has 0 saturated carbocycles. The summed E-state index contributed by atoms with van der Waals surface area (Å²) in [5.41, 5.74) is 1.37. The zero-order chi connectivity index (χ0) is 24.5. The first-order valence-corrected chi connectivity index (χ1v) is 12.6. The van der Waals surface area contributed by atoms with Crippen molar-refractivity contribution < 1.29 is 19.2 Å². The molecule has 180 valence electrons. The van der Waals surface area contributed by atoms with E-state index in [0.717, 1.165) is 46.5 Å². The number of benzene rings is 1. The van der Waals surface area contributed by atoms with Gasteiger partial charge >= 0.3 is 6.03 Å². The Labute approximate surface area is 206 Å². The van der Waals surface area contributed by atoms with Crippen molar-refractivity contribution in [3.05, 3.63) is 64.0 Å². The molecule has 35 heavy (non-hydrogen) atoms. The first-order chi connectivity index (χ1) is 16.9. The largest absolute Gasteiger partial charge is 0.338 e. The SMILES string of the molecule is CC1CCCCN1C(=O)Cn1cc(C=C2C(=O)NC(=O)N(Cc3cccs3)C2=O)c2ccccc21. The van der Waals surface area contributed by atoms with Gasteiger partial charge < -0.3 is 9.47 Å². The van der Waals surface area contributed by atoms with Gasteiger partial charge in [0.2, 0.25) is 5.91 Å². The number of carbonyl (C=O) groups is 4. The van der Waals surface area contributed by atoms with Crippen molar-refractivity contribution in [3.63, 3.8) is 0 Å². The van der Waals surface area contributed by atoms with Crippen LogP contribution >= 0.6 is 11.3 Å². The van der Waals surface area contributed by atoms with Crippen LogP contribution in [-0.2, 0) is 27.5 Å². The van der Waals surface area contributed by atoms with Crippen LogP contribution in [0, 0.1) is 0 Å². The lowest BCUT2D eigenvalue weighted by molar-refractivity contribution is -0.135. The number of rotatable bonds is 5. The minimum absolute atomic E-state index is 0.0522. The Bertz CT molecular complexity index is 1340. The third-order valence-corrected chi connectivity index (χ3v) is 7.49. The highest BCUT2D eigenvalue weighted by Crippen LogP contribution is 2.26. The van der Waals surface area contributed by atoms with E-state index in [1.54, 1.807) is 6.20 Å². The molecule has 5 rings (SSSR count). The molecule has 2 saturated heterocycles. The number of nitrogens with zero attached hydrogens (tertiary/aromatic N) is 3. The van der Waals surface area contributed by atoms with E-state index >= 15 is 0 Å². The first kappa shape index (κ1) is 23.0. The van der Waals surface area contributed by atoms with Gasteiger partial charge in [-0.15, -0.1) is 11.3 Å². The van der Waals surface area contributed by atoms with Crippen LogP contribution in [0.2, 0.25) is 0 Å². The molecule has 0 radical (unpaired) electrons. The standard InChI is InChI=1S/C26H26N4O4S/c1-17-7-4-5-11-29(17)23(31)16-28-14-18(20-9-2-3-10-22(20)28)13-21-24(32)27-26(34)30(25(21)33)15-19-8-6-12-35-19/h2-3,6,8-10,12-14,17H,4-5,7,11,15-16H2,1H3,(H,27,32,34). The van der Waals surface area contributed by atoms with Gasteiger partial charge in [-0.3, -0.25) is 24.6 Å². The van der Waals surface area contributed by atoms with Gasteiger partial charge in [0.05, 0.1) is 6.54 Å². The molecule has 0 spiro atoms. The number of fused-ring (bicyclic) bond motifs is 1. The lowest BCUT2D eigenvalue weighted by Crippen LogP contribution is -2.53. The minimum Gasteiger partial charge on any atom is -0.338 e. The predicted molar refractivity (Wildman–Crippen MR) is 133 cm³/mol. The van der Waals surface area contributed by atoms with Crippen molar-refractivity contribution >= 4 is 52.1 Å². The lowest BCUT2D eigenvalue weighted by Gasteiger charge is -2.33. The van der Waals surface area contributed by atoms with Gasteiger partial charge in [0, 0.05) is 40.1 Å². The average Bonchev–Trinajstić information content (AvgIpc) is 3.48. The van der Waals surface area contributed by atoms with Crippen molar-refractivity contribution in [3.8, 4) is 0 Å². The highest BCUT2D eigenvalue weighted by molar-refractivity contribution is 7.09. The number of nitrogens with one attached hydrogen (secondary N) is 1. The number of imide groups is 2. The van der Waals surface area contributed by atoms with Crippen LogP contribution in [0.25, 0.3) is 17.0 Å². The number of hydrogen-bond acceptors (Lipinski definition) is 5. The van der Waals surface area contributed by atoms with Crippen molar-refractivity contribution in [1.82, 2.24) is 19.7 Å². The number of likely N-dealkylation sites (tertiary alicyclic amines) is 1.